The number of aliphatic hydroxyl groups excluding tert-OH is 1. The highest BCUT2D eigenvalue weighted by Gasteiger charge is 2.62. The van der Waals surface area contributed by atoms with Crippen LogP contribution in [0.25, 0.3) is 0 Å². The van der Waals surface area contributed by atoms with Gasteiger partial charge in [-0.05, 0) is 41.5 Å². The Morgan fingerprint density at radius 1 is 1.17 bits per heavy atom. The van der Waals surface area contributed by atoms with Gasteiger partial charge in [0.15, 0.2) is 18.0 Å². The van der Waals surface area contributed by atoms with Crippen LogP contribution >= 0.6 is 19.3 Å². The third-order valence-electron chi connectivity index (χ3n) is 5.60. The topological polar surface area (TPSA) is 193 Å². The predicted octanol–water partition coefficient (Wildman–Crippen LogP) is 1.69. The van der Waals surface area contributed by atoms with Gasteiger partial charge in [-0.1, -0.05) is 11.6 Å². The zero-order chi connectivity index (χ0) is 31.4. The third kappa shape index (κ3) is 8.40. The first kappa shape index (κ1) is 34.9. The molecule has 1 aliphatic rings. The van der Waals surface area contributed by atoms with Crippen LogP contribution in [0.5, 0.6) is 0 Å². The molecule has 0 saturated carbocycles. The fraction of sp³-hybridized carbons (Fsp3) is 0.727. The molecule has 1 aromatic heterocycles. The Morgan fingerprint density at radius 3 is 2.10 bits per heavy atom. The van der Waals surface area contributed by atoms with Crippen molar-refractivity contribution in [3.05, 3.63) is 21.7 Å². The first-order valence-electron chi connectivity index (χ1n) is 12.4. The van der Waals surface area contributed by atoms with Crippen LogP contribution in [0.4, 0.5) is 19.0 Å². The summed E-state index contributed by atoms with van der Waals surface area (Å²) in [4.78, 5) is 40.3. The van der Waals surface area contributed by atoms with Crippen molar-refractivity contribution in [1.82, 2.24) is 19.7 Å². The van der Waals surface area contributed by atoms with E-state index in [-0.39, 0.29) is 5.02 Å². The standard InChI is InChI=1S/C22H34ClF3N5O9P/c1-9(2)38-18(33)11(5)29-41(36,30-12(6)19(34)39-10(3)4)37-8-22(20(25)26)15(32)14(24)17(40-22)31-7-13(23)16(27)28-21(31)35/h7,9-12,14-15,17,20,32H,8H2,1-6H3,(H2,27,28,35)(H2,29,30,36)/t11-,12-,14-,15-,17+,22+/m0/s1. The summed E-state index contributed by atoms with van der Waals surface area (Å²) in [5, 5.41) is 14.8. The molecule has 6 atom stereocenters. The number of halogens is 4. The Kier molecular flexibility index (Phi) is 11.8. The number of carbonyl (C=O) groups is 2. The number of hydrogen-bond donors (Lipinski definition) is 4. The summed E-state index contributed by atoms with van der Waals surface area (Å²) >= 11 is 5.82. The molecule has 0 aliphatic carbocycles. The lowest BCUT2D eigenvalue weighted by atomic mass is 9.97. The monoisotopic (exact) mass is 635 g/mol. The fourth-order valence-corrected chi connectivity index (χ4v) is 5.57. The number of anilines is 1. The molecular weight excluding hydrogens is 602 g/mol. The molecule has 0 radical (unpaired) electrons. The van der Waals surface area contributed by atoms with Gasteiger partial charge in [0, 0.05) is 6.20 Å². The smallest absolute Gasteiger partial charge is 0.351 e. The van der Waals surface area contributed by atoms with Crippen LogP contribution in [0, 0.1) is 0 Å². The number of nitrogens with one attached hydrogen (secondary N) is 2. The zero-order valence-electron chi connectivity index (χ0n) is 23.0. The first-order valence-corrected chi connectivity index (χ1v) is 14.4. The van der Waals surface area contributed by atoms with Crippen molar-refractivity contribution in [2.45, 2.75) is 96.4 Å². The van der Waals surface area contributed by atoms with E-state index in [9.17, 15) is 32.8 Å². The summed E-state index contributed by atoms with van der Waals surface area (Å²) in [6, 6.07) is -2.74. The average Bonchev–Trinajstić information content (AvgIpc) is 3.10. The molecule has 5 N–H and O–H groups in total. The van der Waals surface area contributed by atoms with Crippen LogP contribution in [0.3, 0.4) is 0 Å². The number of carbonyl (C=O) groups excluding carboxylic acids is 2. The molecule has 0 spiro atoms. The molecule has 1 saturated heterocycles. The second kappa shape index (κ2) is 13.8. The Bertz CT molecular complexity index is 1180. The molecule has 0 amide bonds. The minimum atomic E-state index is -4.69. The summed E-state index contributed by atoms with van der Waals surface area (Å²) < 4.78 is 78.7. The van der Waals surface area contributed by atoms with Crippen LogP contribution < -0.4 is 21.6 Å². The van der Waals surface area contributed by atoms with Crippen molar-refractivity contribution in [3.63, 3.8) is 0 Å². The highest BCUT2D eigenvalue weighted by Crippen LogP contribution is 2.47. The maximum Gasteiger partial charge on any atom is 0.351 e. The Balaban J connectivity index is 2.41. The van der Waals surface area contributed by atoms with Gasteiger partial charge in [-0.3, -0.25) is 18.7 Å². The van der Waals surface area contributed by atoms with Crippen molar-refractivity contribution in [3.8, 4) is 0 Å². The van der Waals surface area contributed by atoms with Crippen LogP contribution in [0.1, 0.15) is 47.8 Å². The van der Waals surface area contributed by atoms with E-state index in [1.807, 2.05) is 0 Å². The summed E-state index contributed by atoms with van der Waals surface area (Å²) in [7, 11) is -4.69. The number of rotatable bonds is 13. The van der Waals surface area contributed by atoms with Crippen molar-refractivity contribution < 1.29 is 51.2 Å². The molecule has 234 valence electrons. The molecule has 0 bridgehead atoms. The van der Waals surface area contributed by atoms with Gasteiger partial charge in [0.1, 0.15) is 24.0 Å². The van der Waals surface area contributed by atoms with Crippen molar-refractivity contribution >= 4 is 37.0 Å². The molecule has 1 aromatic rings. The minimum Gasteiger partial charge on any atom is -0.462 e. The largest absolute Gasteiger partial charge is 0.462 e. The van der Waals surface area contributed by atoms with Crippen molar-refractivity contribution in [1.29, 1.82) is 0 Å². The molecular formula is C22H34ClF3N5O9P. The number of aliphatic hydroxyl groups is 1. The normalized spacial score (nSPS) is 24.6. The minimum absolute atomic E-state index is 0.330. The maximum absolute atomic E-state index is 15.2. The SMILES string of the molecule is CC(C)OC(=O)[C@H](C)NP(=O)(N[C@@H](C)C(=O)OC(C)C)OC[C@@]1(C(F)F)O[C@@H](n2cc(Cl)c(N)nc2=O)[C@@H](F)[C@@H]1O. The molecule has 0 aromatic carbocycles. The summed E-state index contributed by atoms with van der Waals surface area (Å²) in [6.07, 6.45) is -11.5. The number of aromatic nitrogens is 2. The second-order valence-electron chi connectivity index (χ2n) is 9.82. The summed E-state index contributed by atoms with van der Waals surface area (Å²) in [6.45, 7) is 7.19. The Labute approximate surface area is 238 Å². The molecule has 14 nitrogen and oxygen atoms in total. The lowest BCUT2D eigenvalue weighted by molar-refractivity contribution is -0.192. The predicted molar refractivity (Wildman–Crippen MR) is 139 cm³/mol. The molecule has 0 unspecified atom stereocenters. The number of alkyl halides is 3. The van der Waals surface area contributed by atoms with Gasteiger partial charge >= 0.3 is 25.3 Å². The highest BCUT2D eigenvalue weighted by atomic mass is 35.5. The van der Waals surface area contributed by atoms with Crippen LogP contribution in [0.15, 0.2) is 11.0 Å². The van der Waals surface area contributed by atoms with Gasteiger partial charge in [-0.15, -0.1) is 0 Å². The number of esters is 2. The first-order chi connectivity index (χ1) is 18.8. The van der Waals surface area contributed by atoms with E-state index in [4.69, 9.17) is 36.1 Å². The van der Waals surface area contributed by atoms with E-state index in [1.54, 1.807) is 27.7 Å². The van der Waals surface area contributed by atoms with E-state index < -0.39 is 92.5 Å². The van der Waals surface area contributed by atoms with Gasteiger partial charge in [0.05, 0.1) is 23.8 Å². The van der Waals surface area contributed by atoms with Crippen LogP contribution in [-0.4, -0.2) is 81.8 Å². The van der Waals surface area contributed by atoms with Gasteiger partial charge in [-0.2, -0.15) is 4.98 Å². The molecule has 2 heterocycles. The summed E-state index contributed by atoms with van der Waals surface area (Å²) in [5.74, 6) is -2.22. The molecule has 1 fully saturated rings. The number of nitrogen functional groups attached to an aromatic ring is 1. The van der Waals surface area contributed by atoms with E-state index in [1.165, 1.54) is 13.8 Å². The van der Waals surface area contributed by atoms with Gasteiger partial charge in [0.25, 0.3) is 6.43 Å². The third-order valence-corrected chi connectivity index (χ3v) is 7.84. The second-order valence-corrected chi connectivity index (χ2v) is 12.1. The number of nitrogens with zero attached hydrogens (tertiary/aromatic N) is 2. The molecule has 1 aliphatic heterocycles. The van der Waals surface area contributed by atoms with E-state index in [2.05, 4.69) is 15.2 Å². The van der Waals surface area contributed by atoms with Crippen molar-refractivity contribution in [2.75, 3.05) is 12.3 Å². The quantitative estimate of drug-likeness (QED) is 0.181. The lowest BCUT2D eigenvalue weighted by Crippen LogP contribution is -2.53. The summed E-state index contributed by atoms with van der Waals surface area (Å²) in [5.41, 5.74) is 1.02. The number of ether oxygens (including phenoxy) is 3. The highest BCUT2D eigenvalue weighted by molar-refractivity contribution is 7.54. The number of hydrogen-bond acceptors (Lipinski definition) is 11. The van der Waals surface area contributed by atoms with Crippen LogP contribution in [-0.2, 0) is 32.9 Å². The van der Waals surface area contributed by atoms with Crippen molar-refractivity contribution in [2.24, 2.45) is 0 Å². The van der Waals surface area contributed by atoms with E-state index in [0.717, 1.165) is 6.20 Å². The van der Waals surface area contributed by atoms with E-state index >= 15 is 4.39 Å². The maximum atomic E-state index is 15.2. The zero-order valence-corrected chi connectivity index (χ0v) is 24.7. The average molecular weight is 636 g/mol. The molecule has 2 rings (SSSR count). The van der Waals surface area contributed by atoms with Gasteiger partial charge in [-0.25, -0.2) is 28.1 Å². The van der Waals surface area contributed by atoms with Gasteiger partial charge < -0.3 is 29.6 Å². The number of nitrogens with two attached hydrogens (primary N) is 1. The Morgan fingerprint density at radius 2 is 1.66 bits per heavy atom. The van der Waals surface area contributed by atoms with Gasteiger partial charge in [0.2, 0.25) is 0 Å². The van der Waals surface area contributed by atoms with Crippen LogP contribution in [0.2, 0.25) is 5.02 Å². The van der Waals surface area contributed by atoms with E-state index in [0.29, 0.717) is 4.57 Å². The Hall–Kier alpha value is -2.27. The molecule has 19 heteroatoms. The fourth-order valence-electron chi connectivity index (χ4n) is 3.59. The molecule has 41 heavy (non-hydrogen) atoms. The lowest BCUT2D eigenvalue weighted by Gasteiger charge is -2.33.